The first-order chi connectivity index (χ1) is 6.13. The van der Waals surface area contributed by atoms with Gasteiger partial charge in [-0.3, -0.25) is 5.21 Å². The van der Waals surface area contributed by atoms with Crippen LogP contribution in [0.25, 0.3) is 0 Å². The van der Waals surface area contributed by atoms with Crippen LogP contribution in [0.1, 0.15) is 0 Å². The van der Waals surface area contributed by atoms with Gasteiger partial charge in [0.15, 0.2) is 0 Å². The minimum absolute atomic E-state index is 0.154. The SMILES string of the molecule is NC(=Nc1ccc(F)c(Br)c1)NO. The Bertz CT molecular complexity index is 343. The van der Waals surface area contributed by atoms with Gasteiger partial charge in [-0.1, -0.05) is 0 Å². The van der Waals surface area contributed by atoms with Crippen molar-refractivity contribution in [3.8, 4) is 0 Å². The van der Waals surface area contributed by atoms with Gasteiger partial charge < -0.3 is 5.73 Å². The number of nitrogens with zero attached hydrogens (tertiary/aromatic N) is 1. The summed E-state index contributed by atoms with van der Waals surface area (Å²) in [4.78, 5) is 3.72. The van der Waals surface area contributed by atoms with Crippen molar-refractivity contribution in [1.82, 2.24) is 5.48 Å². The molecule has 0 unspecified atom stereocenters. The van der Waals surface area contributed by atoms with E-state index in [1.807, 2.05) is 0 Å². The van der Waals surface area contributed by atoms with Gasteiger partial charge in [0.2, 0.25) is 5.96 Å². The van der Waals surface area contributed by atoms with Crippen molar-refractivity contribution in [3.05, 3.63) is 28.5 Å². The molecule has 70 valence electrons. The molecular weight excluding hydrogens is 241 g/mol. The molecule has 0 atom stereocenters. The van der Waals surface area contributed by atoms with E-state index >= 15 is 0 Å². The maximum Gasteiger partial charge on any atom is 0.218 e. The molecule has 0 fully saturated rings. The molecule has 0 aromatic heterocycles. The fraction of sp³-hybridized carbons (Fsp3) is 0. The van der Waals surface area contributed by atoms with Gasteiger partial charge in [0.1, 0.15) is 5.82 Å². The quantitative estimate of drug-likeness (QED) is 0.401. The standard InChI is InChI=1S/C7H7BrFN3O/c8-5-3-4(1-2-6(5)9)11-7(10)12-13/h1-3,13H,(H3,10,11,12). The van der Waals surface area contributed by atoms with Crippen molar-refractivity contribution < 1.29 is 9.60 Å². The van der Waals surface area contributed by atoms with Gasteiger partial charge in [-0.25, -0.2) is 14.9 Å². The summed E-state index contributed by atoms with van der Waals surface area (Å²) in [6, 6.07) is 4.12. The Morgan fingerprint density at radius 1 is 1.62 bits per heavy atom. The maximum atomic E-state index is 12.7. The van der Waals surface area contributed by atoms with Crippen LogP contribution in [0.15, 0.2) is 27.7 Å². The Morgan fingerprint density at radius 2 is 2.31 bits per heavy atom. The molecule has 4 nitrogen and oxygen atoms in total. The lowest BCUT2D eigenvalue weighted by Crippen LogP contribution is -2.27. The highest BCUT2D eigenvalue weighted by atomic mass is 79.9. The first kappa shape index (κ1) is 9.94. The van der Waals surface area contributed by atoms with E-state index in [1.54, 1.807) is 5.48 Å². The Kier molecular flexibility index (Phi) is 3.21. The minimum Gasteiger partial charge on any atom is -0.368 e. The van der Waals surface area contributed by atoms with E-state index in [0.29, 0.717) is 10.2 Å². The summed E-state index contributed by atoms with van der Waals surface area (Å²) in [6.45, 7) is 0. The molecular formula is C7H7BrFN3O. The van der Waals surface area contributed by atoms with Gasteiger partial charge in [0, 0.05) is 0 Å². The molecule has 0 aliphatic rings. The average Bonchev–Trinajstić information content (AvgIpc) is 2.11. The largest absolute Gasteiger partial charge is 0.368 e. The summed E-state index contributed by atoms with van der Waals surface area (Å²) < 4.78 is 13.0. The first-order valence-electron chi connectivity index (χ1n) is 3.33. The predicted molar refractivity (Wildman–Crippen MR) is 50.3 cm³/mol. The zero-order valence-electron chi connectivity index (χ0n) is 6.46. The molecule has 0 spiro atoms. The van der Waals surface area contributed by atoms with Gasteiger partial charge in [0.05, 0.1) is 10.2 Å². The molecule has 6 heteroatoms. The average molecular weight is 248 g/mol. The number of guanidine groups is 1. The molecule has 1 aromatic rings. The van der Waals surface area contributed by atoms with E-state index in [4.69, 9.17) is 10.9 Å². The van der Waals surface area contributed by atoms with Crippen LogP contribution in [0.3, 0.4) is 0 Å². The smallest absolute Gasteiger partial charge is 0.218 e. The Labute approximate surface area is 82.4 Å². The zero-order chi connectivity index (χ0) is 9.84. The highest BCUT2D eigenvalue weighted by Crippen LogP contribution is 2.21. The molecule has 0 heterocycles. The van der Waals surface area contributed by atoms with Gasteiger partial charge in [-0.15, -0.1) is 0 Å². The number of hydrogen-bond donors (Lipinski definition) is 3. The van der Waals surface area contributed by atoms with Crippen LogP contribution in [-0.2, 0) is 0 Å². The maximum absolute atomic E-state index is 12.7. The molecule has 0 saturated carbocycles. The fourth-order valence-electron chi connectivity index (χ4n) is 0.719. The summed E-state index contributed by atoms with van der Waals surface area (Å²) in [5.41, 5.74) is 7.28. The van der Waals surface area contributed by atoms with Crippen LogP contribution in [0.4, 0.5) is 10.1 Å². The molecule has 4 N–H and O–H groups in total. The van der Waals surface area contributed by atoms with Crippen LogP contribution < -0.4 is 11.2 Å². The second-order valence-corrected chi connectivity index (χ2v) is 3.06. The van der Waals surface area contributed by atoms with E-state index in [0.717, 1.165) is 0 Å². The molecule has 1 rings (SSSR count). The third-order valence-electron chi connectivity index (χ3n) is 1.27. The normalized spacial score (nSPS) is 11.5. The van der Waals surface area contributed by atoms with Gasteiger partial charge in [-0.2, -0.15) is 0 Å². The lowest BCUT2D eigenvalue weighted by atomic mass is 10.3. The summed E-state index contributed by atoms with van der Waals surface area (Å²) in [5, 5.41) is 8.33. The van der Waals surface area contributed by atoms with Crippen LogP contribution >= 0.6 is 15.9 Å². The zero-order valence-corrected chi connectivity index (χ0v) is 8.05. The Morgan fingerprint density at radius 3 is 2.85 bits per heavy atom. The molecule has 13 heavy (non-hydrogen) atoms. The summed E-state index contributed by atoms with van der Waals surface area (Å²) in [5.74, 6) is -0.534. The minimum atomic E-state index is -0.380. The molecule has 0 bridgehead atoms. The predicted octanol–water partition coefficient (Wildman–Crippen LogP) is 1.51. The summed E-state index contributed by atoms with van der Waals surface area (Å²) in [7, 11) is 0. The van der Waals surface area contributed by atoms with Gasteiger partial charge in [0.25, 0.3) is 0 Å². The summed E-state index contributed by atoms with van der Waals surface area (Å²) >= 11 is 2.99. The first-order valence-corrected chi connectivity index (χ1v) is 4.12. The van der Waals surface area contributed by atoms with E-state index in [-0.39, 0.29) is 11.8 Å². The second kappa shape index (κ2) is 4.20. The van der Waals surface area contributed by atoms with Crippen molar-refractivity contribution in [2.24, 2.45) is 10.7 Å². The highest BCUT2D eigenvalue weighted by molar-refractivity contribution is 9.10. The molecule has 0 amide bonds. The molecule has 0 saturated heterocycles. The molecule has 1 aromatic carbocycles. The van der Waals surface area contributed by atoms with Gasteiger partial charge >= 0.3 is 0 Å². The lowest BCUT2D eigenvalue weighted by Gasteiger charge is -1.98. The number of halogens is 2. The summed E-state index contributed by atoms with van der Waals surface area (Å²) in [6.07, 6.45) is 0. The number of benzene rings is 1. The van der Waals surface area contributed by atoms with Crippen molar-refractivity contribution in [3.63, 3.8) is 0 Å². The fourth-order valence-corrected chi connectivity index (χ4v) is 1.09. The lowest BCUT2D eigenvalue weighted by molar-refractivity contribution is 0.233. The van der Waals surface area contributed by atoms with Crippen molar-refractivity contribution >= 4 is 27.6 Å². The number of aliphatic imine (C=N–C) groups is 1. The number of nitrogens with two attached hydrogens (primary N) is 1. The van der Waals surface area contributed by atoms with Crippen LogP contribution in [-0.4, -0.2) is 11.2 Å². The molecule has 0 aliphatic carbocycles. The van der Waals surface area contributed by atoms with Gasteiger partial charge in [-0.05, 0) is 34.1 Å². The Hall–Kier alpha value is -1.14. The number of rotatable bonds is 1. The highest BCUT2D eigenvalue weighted by Gasteiger charge is 1.99. The number of hydrogen-bond acceptors (Lipinski definition) is 2. The molecule has 0 aliphatic heterocycles. The number of nitrogens with one attached hydrogen (secondary N) is 1. The van der Waals surface area contributed by atoms with E-state index < -0.39 is 0 Å². The van der Waals surface area contributed by atoms with Crippen molar-refractivity contribution in [2.45, 2.75) is 0 Å². The third-order valence-corrected chi connectivity index (χ3v) is 1.87. The number of hydroxylamine groups is 1. The van der Waals surface area contributed by atoms with Crippen molar-refractivity contribution in [1.29, 1.82) is 0 Å². The second-order valence-electron chi connectivity index (χ2n) is 2.21. The third kappa shape index (κ3) is 2.67. The van der Waals surface area contributed by atoms with Crippen LogP contribution in [0.2, 0.25) is 0 Å². The topological polar surface area (TPSA) is 70.6 Å². The van der Waals surface area contributed by atoms with Crippen molar-refractivity contribution in [2.75, 3.05) is 0 Å². The van der Waals surface area contributed by atoms with E-state index in [1.165, 1.54) is 18.2 Å². The van der Waals surface area contributed by atoms with Crippen LogP contribution in [0, 0.1) is 5.82 Å². The monoisotopic (exact) mass is 247 g/mol. The molecule has 0 radical (unpaired) electrons. The van der Waals surface area contributed by atoms with E-state index in [2.05, 4.69) is 20.9 Å². The van der Waals surface area contributed by atoms with E-state index in [9.17, 15) is 4.39 Å². The van der Waals surface area contributed by atoms with Crippen LogP contribution in [0.5, 0.6) is 0 Å². The Balaban J connectivity index is 2.98.